The average molecular weight is 256 g/mol. The van der Waals surface area contributed by atoms with E-state index in [0.29, 0.717) is 18.9 Å². The van der Waals surface area contributed by atoms with Crippen molar-refractivity contribution in [1.82, 2.24) is 4.90 Å². The summed E-state index contributed by atoms with van der Waals surface area (Å²) in [5, 5.41) is 0. The van der Waals surface area contributed by atoms with Gasteiger partial charge < -0.3 is 16.4 Å². The molecular formula is C11H20N4OS. The van der Waals surface area contributed by atoms with Gasteiger partial charge in [-0.05, 0) is 18.3 Å². The molecule has 2 fully saturated rings. The Balaban J connectivity index is 1.84. The average Bonchev–Trinajstić information content (AvgIpc) is 3.06. The maximum Gasteiger partial charge on any atom is 0.218 e. The highest BCUT2D eigenvalue weighted by atomic mass is 32.2. The molecule has 0 unspecified atom stereocenters. The highest BCUT2D eigenvalue weighted by Crippen LogP contribution is 2.48. The molecular weight excluding hydrogens is 236 g/mol. The van der Waals surface area contributed by atoms with Gasteiger partial charge in [-0.1, -0.05) is 0 Å². The van der Waals surface area contributed by atoms with E-state index in [-0.39, 0.29) is 11.3 Å². The van der Waals surface area contributed by atoms with Gasteiger partial charge in [0.2, 0.25) is 5.91 Å². The first kappa shape index (κ1) is 12.5. The minimum Gasteiger partial charge on any atom is -0.370 e. The van der Waals surface area contributed by atoms with Crippen LogP contribution < -0.4 is 11.5 Å². The van der Waals surface area contributed by atoms with Crippen LogP contribution in [0.5, 0.6) is 0 Å². The Morgan fingerprint density at radius 1 is 1.29 bits per heavy atom. The van der Waals surface area contributed by atoms with Crippen LogP contribution in [0.1, 0.15) is 19.3 Å². The van der Waals surface area contributed by atoms with Crippen LogP contribution in [0.25, 0.3) is 0 Å². The molecule has 0 aromatic carbocycles. The van der Waals surface area contributed by atoms with Crippen molar-refractivity contribution in [2.24, 2.45) is 21.9 Å². The molecule has 0 aromatic heterocycles. The Kier molecular flexibility index (Phi) is 3.81. The van der Waals surface area contributed by atoms with E-state index in [1.54, 1.807) is 0 Å². The van der Waals surface area contributed by atoms with Gasteiger partial charge in [-0.2, -0.15) is 11.8 Å². The van der Waals surface area contributed by atoms with E-state index in [9.17, 15) is 4.79 Å². The Hall–Kier alpha value is -0.910. The number of guanidine groups is 1. The molecule has 0 bridgehead atoms. The van der Waals surface area contributed by atoms with Crippen molar-refractivity contribution in [3.05, 3.63) is 0 Å². The molecule has 2 rings (SSSR count). The molecule has 1 heterocycles. The van der Waals surface area contributed by atoms with Gasteiger partial charge in [-0.25, -0.2) is 0 Å². The molecule has 6 heteroatoms. The van der Waals surface area contributed by atoms with Crippen LogP contribution in [0.4, 0.5) is 0 Å². The number of hydrogen-bond acceptors (Lipinski definition) is 3. The van der Waals surface area contributed by atoms with Crippen LogP contribution in [0.2, 0.25) is 0 Å². The zero-order chi connectivity index (χ0) is 12.3. The molecule has 17 heavy (non-hydrogen) atoms. The van der Waals surface area contributed by atoms with E-state index in [4.69, 9.17) is 11.5 Å². The quantitative estimate of drug-likeness (QED) is 0.548. The number of thioether (sulfide) groups is 1. The van der Waals surface area contributed by atoms with E-state index in [1.165, 1.54) is 0 Å². The van der Waals surface area contributed by atoms with Crippen LogP contribution in [0, 0.1) is 5.41 Å². The summed E-state index contributed by atoms with van der Waals surface area (Å²) in [7, 11) is 0. The van der Waals surface area contributed by atoms with Gasteiger partial charge in [0.05, 0.1) is 0 Å². The summed E-state index contributed by atoms with van der Waals surface area (Å²) < 4.78 is 0. The number of carbonyl (C=O) groups is 1. The minimum atomic E-state index is -0.231. The SMILES string of the molecule is NC(=O)CC1(CN=C(N)N2CCSCC2)CC1. The number of nitrogens with two attached hydrogens (primary N) is 2. The Labute approximate surface area is 106 Å². The number of aliphatic imine (C=N–C) groups is 1. The number of rotatable bonds is 4. The number of amides is 1. The Morgan fingerprint density at radius 3 is 2.47 bits per heavy atom. The predicted octanol–water partition coefficient (Wildman–Crippen LogP) is 0.00550. The van der Waals surface area contributed by atoms with Gasteiger partial charge in [0.15, 0.2) is 5.96 Å². The fourth-order valence-electron chi connectivity index (χ4n) is 2.08. The first-order valence-electron chi connectivity index (χ1n) is 6.02. The smallest absolute Gasteiger partial charge is 0.218 e. The number of hydrogen-bond donors (Lipinski definition) is 2. The molecule has 1 saturated heterocycles. The van der Waals surface area contributed by atoms with Gasteiger partial charge in [0.25, 0.3) is 0 Å². The van der Waals surface area contributed by atoms with E-state index in [0.717, 1.165) is 37.4 Å². The number of primary amides is 1. The Bertz CT molecular complexity index is 321. The second-order valence-electron chi connectivity index (χ2n) is 4.92. The molecule has 1 amide bonds. The minimum absolute atomic E-state index is 0.0288. The first-order chi connectivity index (χ1) is 8.11. The predicted molar refractivity (Wildman–Crippen MR) is 70.9 cm³/mol. The third-order valence-corrected chi connectivity index (χ3v) is 4.36. The van der Waals surface area contributed by atoms with Crippen molar-refractivity contribution in [3.8, 4) is 0 Å². The van der Waals surface area contributed by atoms with Gasteiger partial charge >= 0.3 is 0 Å². The van der Waals surface area contributed by atoms with Gasteiger partial charge in [-0.15, -0.1) is 0 Å². The summed E-state index contributed by atoms with van der Waals surface area (Å²) in [6.45, 7) is 2.59. The van der Waals surface area contributed by atoms with Crippen molar-refractivity contribution in [1.29, 1.82) is 0 Å². The lowest BCUT2D eigenvalue weighted by Crippen LogP contribution is -2.43. The number of carbonyl (C=O) groups excluding carboxylic acids is 1. The third kappa shape index (κ3) is 3.52. The topological polar surface area (TPSA) is 84.7 Å². The van der Waals surface area contributed by atoms with E-state index in [1.807, 2.05) is 11.8 Å². The van der Waals surface area contributed by atoms with Crippen LogP contribution in [0.15, 0.2) is 4.99 Å². The third-order valence-electron chi connectivity index (χ3n) is 3.42. The van der Waals surface area contributed by atoms with Crippen LogP contribution in [-0.2, 0) is 4.79 Å². The second-order valence-corrected chi connectivity index (χ2v) is 6.14. The van der Waals surface area contributed by atoms with E-state index < -0.39 is 0 Å². The van der Waals surface area contributed by atoms with Crippen molar-refractivity contribution in [3.63, 3.8) is 0 Å². The largest absolute Gasteiger partial charge is 0.370 e. The lowest BCUT2D eigenvalue weighted by molar-refractivity contribution is -0.119. The highest BCUT2D eigenvalue weighted by Gasteiger charge is 2.43. The highest BCUT2D eigenvalue weighted by molar-refractivity contribution is 7.99. The van der Waals surface area contributed by atoms with Crippen LogP contribution in [0.3, 0.4) is 0 Å². The summed E-state index contributed by atoms with van der Waals surface area (Å²) in [6, 6.07) is 0. The summed E-state index contributed by atoms with van der Waals surface area (Å²) in [6.07, 6.45) is 2.53. The molecule has 2 aliphatic rings. The maximum atomic E-state index is 10.9. The molecule has 1 saturated carbocycles. The maximum absolute atomic E-state index is 10.9. The monoisotopic (exact) mass is 256 g/mol. The zero-order valence-electron chi connectivity index (χ0n) is 10.0. The molecule has 1 aliphatic heterocycles. The standard InChI is InChI=1S/C11H20N4OS/c12-9(16)7-11(1-2-11)8-14-10(13)15-3-5-17-6-4-15/h1-8H2,(H2,12,16)(H2,13,14). The molecule has 0 radical (unpaired) electrons. The van der Waals surface area contributed by atoms with E-state index >= 15 is 0 Å². The second kappa shape index (κ2) is 5.16. The molecule has 4 N–H and O–H groups in total. The van der Waals surface area contributed by atoms with Gasteiger partial charge in [0.1, 0.15) is 0 Å². The molecule has 0 atom stereocenters. The number of nitrogens with zero attached hydrogens (tertiary/aromatic N) is 2. The lowest BCUT2D eigenvalue weighted by atomic mass is 10.0. The Morgan fingerprint density at radius 2 is 1.94 bits per heavy atom. The normalized spacial score (nSPS) is 23.5. The zero-order valence-corrected chi connectivity index (χ0v) is 10.8. The fraction of sp³-hybridized carbons (Fsp3) is 0.818. The summed E-state index contributed by atoms with van der Waals surface area (Å²) in [5.74, 6) is 2.62. The van der Waals surface area contributed by atoms with Gasteiger partial charge in [0, 0.05) is 37.6 Å². The molecule has 1 aliphatic carbocycles. The molecule has 5 nitrogen and oxygen atoms in total. The summed E-state index contributed by atoms with van der Waals surface area (Å²) in [5.41, 5.74) is 11.2. The lowest BCUT2D eigenvalue weighted by Gasteiger charge is -2.27. The molecule has 0 aromatic rings. The molecule has 0 spiro atoms. The molecule has 96 valence electrons. The van der Waals surface area contributed by atoms with E-state index in [2.05, 4.69) is 9.89 Å². The van der Waals surface area contributed by atoms with Crippen molar-refractivity contribution >= 4 is 23.6 Å². The van der Waals surface area contributed by atoms with Gasteiger partial charge in [-0.3, -0.25) is 9.79 Å². The van der Waals surface area contributed by atoms with Crippen LogP contribution >= 0.6 is 11.8 Å². The summed E-state index contributed by atoms with van der Waals surface area (Å²) in [4.78, 5) is 17.5. The summed E-state index contributed by atoms with van der Waals surface area (Å²) >= 11 is 1.95. The van der Waals surface area contributed by atoms with Crippen molar-refractivity contribution < 1.29 is 4.79 Å². The van der Waals surface area contributed by atoms with Crippen LogP contribution in [-0.4, -0.2) is 47.9 Å². The van der Waals surface area contributed by atoms with Crippen molar-refractivity contribution in [2.75, 3.05) is 31.1 Å². The first-order valence-corrected chi connectivity index (χ1v) is 7.18. The van der Waals surface area contributed by atoms with Crippen molar-refractivity contribution in [2.45, 2.75) is 19.3 Å². The fourth-order valence-corrected chi connectivity index (χ4v) is 2.98.